The van der Waals surface area contributed by atoms with E-state index < -0.39 is 11.9 Å². The molecule has 0 saturated carbocycles. The molecule has 9 nitrogen and oxygen atoms in total. The van der Waals surface area contributed by atoms with E-state index in [1.54, 1.807) is 33.3 Å². The van der Waals surface area contributed by atoms with E-state index in [-0.39, 0.29) is 37.1 Å². The third kappa shape index (κ3) is 6.16. The maximum absolute atomic E-state index is 13.9. The van der Waals surface area contributed by atoms with Crippen molar-refractivity contribution in [1.29, 1.82) is 0 Å². The lowest BCUT2D eigenvalue weighted by Crippen LogP contribution is -2.36. The molecule has 2 aliphatic rings. The number of dihydropyridines is 1. The summed E-state index contributed by atoms with van der Waals surface area (Å²) in [6, 6.07) is 19.8. The highest BCUT2D eigenvalue weighted by Crippen LogP contribution is 2.47. The standard InChI is InChI=1S/C34H35NO8/c1-20-31(34(38)43-15-14-42-24-8-6-5-7-9-24)32(22-11-12-28(39-2)26(36)17-22)33-25(35-20)16-23(18-27(33)37)21-10-13-29(40-3)30(19-21)41-4/h5-13,17,19,23,32,35-36H,14-16,18H2,1-4H3/t23-,32-/m0/s1. The molecule has 2 atom stereocenters. The maximum atomic E-state index is 13.9. The minimum absolute atomic E-state index is 0.0202. The predicted octanol–water partition coefficient (Wildman–Crippen LogP) is 5.40. The van der Waals surface area contributed by atoms with E-state index in [9.17, 15) is 14.7 Å². The normalized spacial score (nSPS) is 18.0. The number of rotatable bonds is 10. The van der Waals surface area contributed by atoms with Gasteiger partial charge in [0.1, 0.15) is 19.0 Å². The van der Waals surface area contributed by atoms with E-state index in [0.717, 1.165) is 11.3 Å². The van der Waals surface area contributed by atoms with Gasteiger partial charge in [0, 0.05) is 29.3 Å². The highest BCUT2D eigenvalue weighted by Gasteiger charge is 2.41. The van der Waals surface area contributed by atoms with Crippen molar-refractivity contribution in [2.75, 3.05) is 34.5 Å². The molecule has 0 unspecified atom stereocenters. The van der Waals surface area contributed by atoms with Crippen LogP contribution in [0.4, 0.5) is 0 Å². The number of hydrogen-bond donors (Lipinski definition) is 2. The molecule has 1 heterocycles. The number of phenolic OH excluding ortho intramolecular Hbond substituents is 1. The summed E-state index contributed by atoms with van der Waals surface area (Å²) < 4.78 is 27.4. The number of para-hydroxylation sites is 1. The first-order valence-electron chi connectivity index (χ1n) is 14.0. The van der Waals surface area contributed by atoms with Gasteiger partial charge >= 0.3 is 5.97 Å². The van der Waals surface area contributed by atoms with Crippen LogP contribution in [-0.4, -0.2) is 51.4 Å². The Kier molecular flexibility index (Phi) is 8.90. The molecule has 224 valence electrons. The molecule has 1 aliphatic carbocycles. The zero-order valence-electron chi connectivity index (χ0n) is 24.6. The Morgan fingerprint density at radius 3 is 2.26 bits per heavy atom. The fourth-order valence-electron chi connectivity index (χ4n) is 5.76. The van der Waals surface area contributed by atoms with Crippen LogP contribution < -0.4 is 24.3 Å². The number of ether oxygens (including phenoxy) is 5. The van der Waals surface area contributed by atoms with E-state index in [1.807, 2.05) is 48.5 Å². The molecular formula is C34H35NO8. The van der Waals surface area contributed by atoms with Gasteiger partial charge in [0.2, 0.25) is 0 Å². The zero-order chi connectivity index (χ0) is 30.5. The minimum atomic E-state index is -0.741. The molecule has 3 aromatic carbocycles. The van der Waals surface area contributed by atoms with Gasteiger partial charge < -0.3 is 34.1 Å². The van der Waals surface area contributed by atoms with Crippen LogP contribution in [0.5, 0.6) is 28.7 Å². The van der Waals surface area contributed by atoms with Gasteiger partial charge in [-0.2, -0.15) is 0 Å². The molecule has 5 rings (SSSR count). The average Bonchev–Trinajstić information content (AvgIpc) is 3.02. The smallest absolute Gasteiger partial charge is 0.336 e. The molecule has 2 N–H and O–H groups in total. The van der Waals surface area contributed by atoms with Crippen molar-refractivity contribution in [3.63, 3.8) is 0 Å². The van der Waals surface area contributed by atoms with E-state index in [1.165, 1.54) is 13.2 Å². The summed E-state index contributed by atoms with van der Waals surface area (Å²) >= 11 is 0. The van der Waals surface area contributed by atoms with Crippen molar-refractivity contribution in [3.8, 4) is 28.7 Å². The van der Waals surface area contributed by atoms with Crippen molar-refractivity contribution >= 4 is 11.8 Å². The van der Waals surface area contributed by atoms with Crippen LogP contribution >= 0.6 is 0 Å². The number of carbonyl (C=O) groups is 2. The Labute approximate surface area is 250 Å². The molecular weight excluding hydrogens is 550 g/mol. The number of methoxy groups -OCH3 is 3. The van der Waals surface area contributed by atoms with Crippen molar-refractivity contribution in [3.05, 3.63) is 100 Å². The van der Waals surface area contributed by atoms with E-state index in [4.69, 9.17) is 23.7 Å². The van der Waals surface area contributed by atoms with Crippen molar-refractivity contribution in [1.82, 2.24) is 5.32 Å². The zero-order valence-corrected chi connectivity index (χ0v) is 24.6. The van der Waals surface area contributed by atoms with Gasteiger partial charge in [-0.15, -0.1) is 0 Å². The SMILES string of the molecule is COc1ccc([C@H]2C(C(=O)OCCOc3ccccc3)=C(C)NC3=C2C(=O)C[C@@H](c2ccc(OC)c(OC)c2)C3)cc1O. The fourth-order valence-corrected chi connectivity index (χ4v) is 5.76. The van der Waals surface area contributed by atoms with Gasteiger partial charge in [-0.25, -0.2) is 4.79 Å². The first kappa shape index (κ1) is 29.6. The Morgan fingerprint density at radius 1 is 0.860 bits per heavy atom. The number of ketones is 1. The number of esters is 1. The topological polar surface area (TPSA) is 113 Å². The highest BCUT2D eigenvalue weighted by atomic mass is 16.6. The molecule has 0 spiro atoms. The van der Waals surface area contributed by atoms with Gasteiger partial charge in [-0.3, -0.25) is 4.79 Å². The second kappa shape index (κ2) is 12.9. The molecule has 43 heavy (non-hydrogen) atoms. The number of aromatic hydroxyl groups is 1. The van der Waals surface area contributed by atoms with Gasteiger partial charge in [-0.1, -0.05) is 30.3 Å². The van der Waals surface area contributed by atoms with Crippen LogP contribution in [0.1, 0.15) is 42.7 Å². The summed E-state index contributed by atoms with van der Waals surface area (Å²) in [6.45, 7) is 1.98. The van der Waals surface area contributed by atoms with Gasteiger partial charge in [0.05, 0.1) is 26.9 Å². The molecule has 1 aliphatic heterocycles. The van der Waals surface area contributed by atoms with Crippen LogP contribution in [0.3, 0.4) is 0 Å². The average molecular weight is 586 g/mol. The Bertz CT molecular complexity index is 1580. The van der Waals surface area contributed by atoms with Crippen molar-refractivity contribution in [2.45, 2.75) is 31.6 Å². The van der Waals surface area contributed by atoms with E-state index in [2.05, 4.69) is 5.32 Å². The molecule has 9 heteroatoms. The molecule has 0 fully saturated rings. The number of allylic oxidation sites excluding steroid dienone is 3. The van der Waals surface area contributed by atoms with Crippen LogP contribution in [-0.2, 0) is 14.3 Å². The van der Waals surface area contributed by atoms with E-state index in [0.29, 0.717) is 51.8 Å². The highest BCUT2D eigenvalue weighted by molar-refractivity contribution is 6.04. The van der Waals surface area contributed by atoms with Crippen molar-refractivity contribution < 1.29 is 38.4 Å². The monoisotopic (exact) mass is 585 g/mol. The lowest BCUT2D eigenvalue weighted by atomic mass is 9.71. The largest absolute Gasteiger partial charge is 0.504 e. The van der Waals surface area contributed by atoms with E-state index >= 15 is 0 Å². The van der Waals surface area contributed by atoms with Crippen LogP contribution in [0.25, 0.3) is 0 Å². The van der Waals surface area contributed by atoms with Crippen molar-refractivity contribution in [2.24, 2.45) is 0 Å². The van der Waals surface area contributed by atoms with Crippen LogP contribution in [0.2, 0.25) is 0 Å². The number of benzene rings is 3. The first-order chi connectivity index (χ1) is 20.8. The summed E-state index contributed by atoms with van der Waals surface area (Å²) in [5, 5.41) is 14.0. The third-order valence-corrected chi connectivity index (χ3v) is 7.79. The van der Waals surface area contributed by atoms with Gasteiger partial charge in [-0.05, 0) is 66.8 Å². The lowest BCUT2D eigenvalue weighted by Gasteiger charge is -2.37. The molecule has 0 aromatic heterocycles. The maximum Gasteiger partial charge on any atom is 0.336 e. The lowest BCUT2D eigenvalue weighted by molar-refractivity contribution is -0.140. The number of nitrogens with one attached hydrogen (secondary N) is 1. The second-order valence-electron chi connectivity index (χ2n) is 10.4. The quantitative estimate of drug-likeness (QED) is 0.239. The summed E-state index contributed by atoms with van der Waals surface area (Å²) in [4.78, 5) is 27.5. The summed E-state index contributed by atoms with van der Waals surface area (Å²) in [5.74, 6) is 0.558. The van der Waals surface area contributed by atoms with Crippen LogP contribution in [0, 0.1) is 0 Å². The number of hydrogen-bond acceptors (Lipinski definition) is 9. The summed E-state index contributed by atoms with van der Waals surface area (Å²) in [5.41, 5.74) is 3.63. The minimum Gasteiger partial charge on any atom is -0.504 e. The Hall–Kier alpha value is -4.92. The van der Waals surface area contributed by atoms with Gasteiger partial charge in [0.25, 0.3) is 0 Å². The molecule has 3 aromatic rings. The number of phenols is 1. The Morgan fingerprint density at radius 2 is 1.56 bits per heavy atom. The molecule has 0 radical (unpaired) electrons. The Balaban J connectivity index is 1.45. The first-order valence-corrected chi connectivity index (χ1v) is 14.0. The summed E-state index contributed by atoms with van der Waals surface area (Å²) in [6.07, 6.45) is 0.778. The van der Waals surface area contributed by atoms with Gasteiger partial charge in [0.15, 0.2) is 28.8 Å². The fraction of sp³-hybridized carbons (Fsp3) is 0.294. The number of Topliss-reactive ketones (excluding diaryl/α,β-unsaturated/α-hetero) is 1. The summed E-state index contributed by atoms with van der Waals surface area (Å²) in [7, 11) is 4.62. The second-order valence-corrected chi connectivity index (χ2v) is 10.4. The molecule has 0 saturated heterocycles. The number of carbonyl (C=O) groups excluding carboxylic acids is 2. The third-order valence-electron chi connectivity index (χ3n) is 7.79. The van der Waals surface area contributed by atoms with Crippen LogP contribution in [0.15, 0.2) is 89.3 Å². The predicted molar refractivity (Wildman–Crippen MR) is 160 cm³/mol. The molecule has 0 amide bonds. The molecule has 0 bridgehead atoms.